The summed E-state index contributed by atoms with van der Waals surface area (Å²) < 4.78 is 18.5. The van der Waals surface area contributed by atoms with E-state index in [0.717, 1.165) is 30.5 Å². The lowest BCUT2D eigenvalue weighted by atomic mass is 10.2. The second-order valence-corrected chi connectivity index (χ2v) is 5.80. The monoisotopic (exact) mass is 317 g/mol. The number of amides is 1. The summed E-state index contributed by atoms with van der Waals surface area (Å²) in [6.07, 6.45) is 3.90. The highest BCUT2D eigenvalue weighted by molar-refractivity contribution is 5.83. The zero-order valence-corrected chi connectivity index (χ0v) is 12.8. The van der Waals surface area contributed by atoms with Crippen LogP contribution in [0.15, 0.2) is 18.5 Å². The van der Waals surface area contributed by atoms with Gasteiger partial charge in [0.2, 0.25) is 5.91 Å². The number of imidazole rings is 1. The molecule has 7 nitrogen and oxygen atoms in total. The molecule has 1 amide bonds. The minimum atomic E-state index is -0.0466. The predicted octanol–water partition coefficient (Wildman–Crippen LogP) is 1.10. The predicted molar refractivity (Wildman–Crippen MR) is 82.7 cm³/mol. The van der Waals surface area contributed by atoms with E-state index in [1.807, 2.05) is 16.7 Å². The van der Waals surface area contributed by atoms with Crippen LogP contribution in [0.1, 0.15) is 12.8 Å². The number of fused-ring (bicyclic) bond motifs is 2. The molecule has 0 unspecified atom stereocenters. The SMILES string of the molecule is O=C(Cn1cnc2cc3c(cc21)OCCO3)NC[C@H]1CCCO1. The van der Waals surface area contributed by atoms with E-state index in [-0.39, 0.29) is 18.6 Å². The number of nitrogens with zero attached hydrogens (tertiary/aromatic N) is 2. The zero-order chi connectivity index (χ0) is 15.6. The van der Waals surface area contributed by atoms with Gasteiger partial charge in [-0.1, -0.05) is 0 Å². The molecule has 23 heavy (non-hydrogen) atoms. The van der Waals surface area contributed by atoms with Gasteiger partial charge in [-0.15, -0.1) is 0 Å². The standard InChI is InChI=1S/C16H19N3O4/c20-16(17-8-11-2-1-3-21-11)9-19-10-18-12-6-14-15(7-13(12)19)23-5-4-22-14/h6-7,10-11H,1-5,8-9H2,(H,17,20)/t11-/m1/s1. The maximum absolute atomic E-state index is 12.1. The third kappa shape index (κ3) is 2.96. The molecule has 1 aromatic carbocycles. The van der Waals surface area contributed by atoms with Gasteiger partial charge >= 0.3 is 0 Å². The number of hydrogen-bond donors (Lipinski definition) is 1. The van der Waals surface area contributed by atoms with Crippen molar-refractivity contribution in [3.63, 3.8) is 0 Å². The average Bonchev–Trinajstić information content (AvgIpc) is 3.21. The fourth-order valence-corrected chi connectivity index (χ4v) is 2.96. The summed E-state index contributed by atoms with van der Waals surface area (Å²) in [5.74, 6) is 1.36. The molecule has 4 rings (SSSR count). The lowest BCUT2D eigenvalue weighted by Crippen LogP contribution is -2.34. The summed E-state index contributed by atoms with van der Waals surface area (Å²) >= 11 is 0. The van der Waals surface area contributed by atoms with Crippen LogP contribution in [0, 0.1) is 0 Å². The number of benzene rings is 1. The first kappa shape index (κ1) is 14.3. The Morgan fingerprint density at radius 3 is 2.87 bits per heavy atom. The van der Waals surface area contributed by atoms with E-state index < -0.39 is 0 Å². The molecule has 2 aliphatic heterocycles. The van der Waals surface area contributed by atoms with Crippen LogP contribution in [-0.4, -0.2) is 47.9 Å². The molecule has 0 aliphatic carbocycles. The van der Waals surface area contributed by atoms with Crippen LogP contribution in [0.25, 0.3) is 11.0 Å². The van der Waals surface area contributed by atoms with Crippen molar-refractivity contribution in [2.24, 2.45) is 0 Å². The van der Waals surface area contributed by atoms with Gasteiger partial charge < -0.3 is 24.1 Å². The average molecular weight is 317 g/mol. The lowest BCUT2D eigenvalue weighted by Gasteiger charge is -2.18. The normalized spacial score (nSPS) is 19.9. The van der Waals surface area contributed by atoms with Crippen LogP contribution in [0.2, 0.25) is 0 Å². The summed E-state index contributed by atoms with van der Waals surface area (Å²) in [6.45, 7) is 2.67. The van der Waals surface area contributed by atoms with E-state index in [9.17, 15) is 4.79 Å². The Balaban J connectivity index is 1.46. The van der Waals surface area contributed by atoms with Gasteiger partial charge in [-0.05, 0) is 12.8 Å². The maximum Gasteiger partial charge on any atom is 0.240 e. The third-order valence-electron chi connectivity index (χ3n) is 4.15. The van der Waals surface area contributed by atoms with E-state index in [4.69, 9.17) is 14.2 Å². The molecule has 1 saturated heterocycles. The first-order valence-electron chi connectivity index (χ1n) is 7.92. The quantitative estimate of drug-likeness (QED) is 0.914. The van der Waals surface area contributed by atoms with Crippen LogP contribution >= 0.6 is 0 Å². The van der Waals surface area contributed by atoms with Crippen molar-refractivity contribution in [2.45, 2.75) is 25.5 Å². The molecule has 0 saturated carbocycles. The molecule has 1 aromatic heterocycles. The Morgan fingerprint density at radius 1 is 1.26 bits per heavy atom. The molecule has 0 spiro atoms. The Labute approximate surface area is 133 Å². The van der Waals surface area contributed by atoms with Gasteiger partial charge in [-0.25, -0.2) is 4.98 Å². The number of nitrogens with one attached hydrogen (secondary N) is 1. The summed E-state index contributed by atoms with van der Waals surface area (Å²) in [5.41, 5.74) is 1.66. The van der Waals surface area contributed by atoms with Crippen LogP contribution < -0.4 is 14.8 Å². The van der Waals surface area contributed by atoms with Gasteiger partial charge in [-0.2, -0.15) is 0 Å². The molecule has 0 bridgehead atoms. The summed E-state index contributed by atoms with van der Waals surface area (Å²) in [6, 6.07) is 3.73. The van der Waals surface area contributed by atoms with E-state index in [2.05, 4.69) is 10.3 Å². The highest BCUT2D eigenvalue weighted by Gasteiger charge is 2.18. The van der Waals surface area contributed by atoms with E-state index in [0.29, 0.717) is 31.3 Å². The molecule has 1 fully saturated rings. The summed E-state index contributed by atoms with van der Waals surface area (Å²) in [7, 11) is 0. The smallest absolute Gasteiger partial charge is 0.240 e. The van der Waals surface area contributed by atoms with Gasteiger partial charge in [0.1, 0.15) is 19.8 Å². The maximum atomic E-state index is 12.1. The van der Waals surface area contributed by atoms with Crippen molar-refractivity contribution < 1.29 is 19.0 Å². The molecule has 2 aromatic rings. The fourth-order valence-electron chi connectivity index (χ4n) is 2.96. The second kappa shape index (κ2) is 6.08. The van der Waals surface area contributed by atoms with Crippen LogP contribution in [0.5, 0.6) is 11.5 Å². The van der Waals surface area contributed by atoms with E-state index >= 15 is 0 Å². The van der Waals surface area contributed by atoms with Gasteiger partial charge in [0, 0.05) is 25.3 Å². The molecule has 1 N–H and O–H groups in total. The van der Waals surface area contributed by atoms with Crippen molar-refractivity contribution in [1.82, 2.24) is 14.9 Å². The van der Waals surface area contributed by atoms with Crippen LogP contribution in [-0.2, 0) is 16.1 Å². The van der Waals surface area contributed by atoms with Gasteiger partial charge in [0.05, 0.1) is 23.5 Å². The van der Waals surface area contributed by atoms with Gasteiger partial charge in [0.25, 0.3) is 0 Å². The molecule has 3 heterocycles. The number of ether oxygens (including phenoxy) is 3. The van der Waals surface area contributed by atoms with Crippen LogP contribution in [0.3, 0.4) is 0 Å². The first-order valence-corrected chi connectivity index (χ1v) is 7.92. The van der Waals surface area contributed by atoms with Gasteiger partial charge in [0.15, 0.2) is 11.5 Å². The molecular formula is C16H19N3O4. The molecular weight excluding hydrogens is 298 g/mol. The lowest BCUT2D eigenvalue weighted by molar-refractivity contribution is -0.122. The summed E-state index contributed by atoms with van der Waals surface area (Å²) in [4.78, 5) is 16.5. The molecule has 7 heteroatoms. The Hall–Kier alpha value is -2.28. The zero-order valence-electron chi connectivity index (χ0n) is 12.8. The van der Waals surface area contributed by atoms with Crippen molar-refractivity contribution in [2.75, 3.05) is 26.4 Å². The molecule has 2 aliphatic rings. The number of carbonyl (C=O) groups excluding carboxylic acids is 1. The van der Waals surface area contributed by atoms with Crippen molar-refractivity contribution in [3.05, 3.63) is 18.5 Å². The number of aromatic nitrogens is 2. The Kier molecular flexibility index (Phi) is 3.78. The van der Waals surface area contributed by atoms with E-state index in [1.54, 1.807) is 6.33 Å². The largest absolute Gasteiger partial charge is 0.486 e. The fraction of sp³-hybridized carbons (Fsp3) is 0.500. The van der Waals surface area contributed by atoms with Crippen molar-refractivity contribution >= 4 is 16.9 Å². The molecule has 122 valence electrons. The Morgan fingerprint density at radius 2 is 2.09 bits per heavy atom. The number of rotatable bonds is 4. The number of hydrogen-bond acceptors (Lipinski definition) is 5. The number of carbonyl (C=O) groups is 1. The highest BCUT2D eigenvalue weighted by Crippen LogP contribution is 2.34. The highest BCUT2D eigenvalue weighted by atomic mass is 16.6. The molecule has 0 radical (unpaired) electrons. The van der Waals surface area contributed by atoms with Crippen LogP contribution in [0.4, 0.5) is 0 Å². The minimum Gasteiger partial charge on any atom is -0.486 e. The minimum absolute atomic E-state index is 0.0466. The van der Waals surface area contributed by atoms with Crippen molar-refractivity contribution in [1.29, 1.82) is 0 Å². The summed E-state index contributed by atoms with van der Waals surface area (Å²) in [5, 5.41) is 2.92. The van der Waals surface area contributed by atoms with Crippen molar-refractivity contribution in [3.8, 4) is 11.5 Å². The second-order valence-electron chi connectivity index (χ2n) is 5.80. The first-order chi connectivity index (χ1) is 11.3. The third-order valence-corrected chi connectivity index (χ3v) is 4.15. The Bertz CT molecular complexity index is 721. The van der Waals surface area contributed by atoms with E-state index in [1.165, 1.54) is 0 Å². The van der Waals surface area contributed by atoms with Gasteiger partial charge in [-0.3, -0.25) is 4.79 Å². The molecule has 1 atom stereocenters. The topological polar surface area (TPSA) is 74.6 Å².